The summed E-state index contributed by atoms with van der Waals surface area (Å²) in [5.41, 5.74) is 3.12. The molecular weight excluding hydrogens is 186 g/mol. The Labute approximate surface area is 89.3 Å². The Hall–Kier alpha value is -1.57. The molecule has 15 heavy (non-hydrogen) atoms. The molecular formula is C13H15NO. The molecule has 0 amide bonds. The number of Topliss-reactive ketones (excluding diaryl/α,β-unsaturated/α-hetero) is 1. The molecule has 0 unspecified atom stereocenters. The number of aromatic nitrogens is 1. The van der Waals surface area contributed by atoms with E-state index in [0.717, 1.165) is 16.5 Å². The average Bonchev–Trinajstić information content (AvgIpc) is 2.59. The summed E-state index contributed by atoms with van der Waals surface area (Å²) in [5, 5.41) is 1.02. The van der Waals surface area contributed by atoms with Crippen LogP contribution in [0.4, 0.5) is 0 Å². The van der Waals surface area contributed by atoms with Crippen LogP contribution in [0.2, 0.25) is 0 Å². The SMILES string of the molecule is CC(=O)c1c[nH]c2cc(C(C)C)ccc12. The van der Waals surface area contributed by atoms with Crippen LogP contribution in [0, 0.1) is 0 Å². The molecule has 1 aromatic heterocycles. The summed E-state index contributed by atoms with van der Waals surface area (Å²) in [4.78, 5) is 14.5. The van der Waals surface area contributed by atoms with Crippen molar-refractivity contribution in [2.45, 2.75) is 26.7 Å². The molecule has 0 aliphatic heterocycles. The summed E-state index contributed by atoms with van der Waals surface area (Å²) >= 11 is 0. The van der Waals surface area contributed by atoms with Crippen LogP contribution in [0.5, 0.6) is 0 Å². The van der Waals surface area contributed by atoms with Gasteiger partial charge in [0.2, 0.25) is 0 Å². The van der Waals surface area contributed by atoms with Gasteiger partial charge in [0, 0.05) is 22.7 Å². The lowest BCUT2D eigenvalue weighted by Crippen LogP contribution is -1.90. The molecule has 78 valence electrons. The van der Waals surface area contributed by atoms with Crippen molar-refractivity contribution in [1.82, 2.24) is 4.98 Å². The first-order valence-electron chi connectivity index (χ1n) is 5.21. The highest BCUT2D eigenvalue weighted by atomic mass is 16.1. The Morgan fingerprint density at radius 2 is 2.07 bits per heavy atom. The Morgan fingerprint density at radius 3 is 2.67 bits per heavy atom. The van der Waals surface area contributed by atoms with Crippen molar-refractivity contribution < 1.29 is 4.79 Å². The van der Waals surface area contributed by atoms with Crippen LogP contribution in [0.1, 0.15) is 42.6 Å². The number of H-pyrrole nitrogens is 1. The van der Waals surface area contributed by atoms with Gasteiger partial charge in [-0.1, -0.05) is 26.0 Å². The summed E-state index contributed by atoms with van der Waals surface area (Å²) in [6.45, 7) is 5.92. The average molecular weight is 201 g/mol. The summed E-state index contributed by atoms with van der Waals surface area (Å²) in [5.74, 6) is 0.622. The summed E-state index contributed by atoms with van der Waals surface area (Å²) in [6, 6.07) is 6.23. The predicted molar refractivity (Wildman–Crippen MR) is 62.4 cm³/mol. The molecule has 2 aromatic rings. The molecule has 1 aromatic carbocycles. The Kier molecular flexibility index (Phi) is 2.35. The van der Waals surface area contributed by atoms with Gasteiger partial charge in [-0.05, 0) is 24.5 Å². The zero-order valence-electron chi connectivity index (χ0n) is 9.29. The summed E-state index contributed by atoms with van der Waals surface area (Å²) in [7, 11) is 0. The lowest BCUT2D eigenvalue weighted by Gasteiger charge is -2.04. The fourth-order valence-corrected chi connectivity index (χ4v) is 1.79. The van der Waals surface area contributed by atoms with E-state index in [-0.39, 0.29) is 5.78 Å². The summed E-state index contributed by atoms with van der Waals surface area (Å²) in [6.07, 6.45) is 1.79. The van der Waals surface area contributed by atoms with Crippen molar-refractivity contribution in [3.63, 3.8) is 0 Å². The fourth-order valence-electron chi connectivity index (χ4n) is 1.79. The van der Waals surface area contributed by atoms with Crippen LogP contribution in [-0.4, -0.2) is 10.8 Å². The Morgan fingerprint density at radius 1 is 1.33 bits per heavy atom. The summed E-state index contributed by atoms with van der Waals surface area (Å²) < 4.78 is 0. The van der Waals surface area contributed by atoms with Crippen LogP contribution < -0.4 is 0 Å². The number of ketones is 1. The van der Waals surface area contributed by atoms with Crippen molar-refractivity contribution in [2.75, 3.05) is 0 Å². The first kappa shape index (κ1) is 9.97. The largest absolute Gasteiger partial charge is 0.360 e. The second kappa shape index (κ2) is 3.54. The molecule has 0 aliphatic rings. The maximum Gasteiger partial charge on any atom is 0.161 e. The molecule has 0 fully saturated rings. The van der Waals surface area contributed by atoms with E-state index in [1.54, 1.807) is 13.1 Å². The number of benzene rings is 1. The second-order valence-corrected chi connectivity index (χ2v) is 4.22. The standard InChI is InChI=1S/C13H15NO/c1-8(2)10-4-5-11-12(9(3)15)7-14-13(11)6-10/h4-8,14H,1-3H3. The molecule has 0 atom stereocenters. The van der Waals surface area contributed by atoms with Crippen molar-refractivity contribution in [3.8, 4) is 0 Å². The van der Waals surface area contributed by atoms with Gasteiger partial charge in [-0.15, -0.1) is 0 Å². The van der Waals surface area contributed by atoms with Gasteiger partial charge in [-0.2, -0.15) is 0 Å². The Bertz CT molecular complexity index is 508. The highest BCUT2D eigenvalue weighted by Gasteiger charge is 2.08. The molecule has 0 radical (unpaired) electrons. The molecule has 0 spiro atoms. The quantitative estimate of drug-likeness (QED) is 0.741. The number of rotatable bonds is 2. The van der Waals surface area contributed by atoms with E-state index in [9.17, 15) is 4.79 Å². The van der Waals surface area contributed by atoms with Gasteiger partial charge in [-0.3, -0.25) is 4.79 Å². The van der Waals surface area contributed by atoms with Crippen LogP contribution >= 0.6 is 0 Å². The first-order chi connectivity index (χ1) is 7.09. The normalized spacial score (nSPS) is 11.2. The topological polar surface area (TPSA) is 32.9 Å². The van der Waals surface area contributed by atoms with E-state index < -0.39 is 0 Å². The van der Waals surface area contributed by atoms with Crippen molar-refractivity contribution in [3.05, 3.63) is 35.5 Å². The fraction of sp³-hybridized carbons (Fsp3) is 0.308. The number of fused-ring (bicyclic) bond motifs is 1. The smallest absolute Gasteiger partial charge is 0.161 e. The molecule has 2 nitrogen and oxygen atoms in total. The maximum atomic E-state index is 11.3. The number of aromatic amines is 1. The molecule has 0 saturated heterocycles. The van der Waals surface area contributed by atoms with E-state index in [0.29, 0.717) is 5.92 Å². The van der Waals surface area contributed by atoms with Crippen LogP contribution in [0.25, 0.3) is 10.9 Å². The minimum Gasteiger partial charge on any atom is -0.360 e. The van der Waals surface area contributed by atoms with Gasteiger partial charge in [0.05, 0.1) is 0 Å². The van der Waals surface area contributed by atoms with E-state index in [2.05, 4.69) is 31.0 Å². The van der Waals surface area contributed by atoms with E-state index in [1.165, 1.54) is 5.56 Å². The molecule has 2 heteroatoms. The van der Waals surface area contributed by atoms with Crippen molar-refractivity contribution in [1.29, 1.82) is 0 Å². The number of hydrogen-bond donors (Lipinski definition) is 1. The zero-order chi connectivity index (χ0) is 11.0. The first-order valence-corrected chi connectivity index (χ1v) is 5.21. The monoisotopic (exact) mass is 201 g/mol. The number of hydrogen-bond acceptors (Lipinski definition) is 1. The zero-order valence-corrected chi connectivity index (χ0v) is 9.29. The lowest BCUT2D eigenvalue weighted by atomic mass is 10.0. The van der Waals surface area contributed by atoms with Crippen molar-refractivity contribution >= 4 is 16.7 Å². The van der Waals surface area contributed by atoms with Crippen LogP contribution in [-0.2, 0) is 0 Å². The third kappa shape index (κ3) is 1.67. The van der Waals surface area contributed by atoms with Gasteiger partial charge in [0.25, 0.3) is 0 Å². The molecule has 0 bridgehead atoms. The molecule has 0 saturated carbocycles. The minimum absolute atomic E-state index is 0.110. The van der Waals surface area contributed by atoms with E-state index in [4.69, 9.17) is 0 Å². The van der Waals surface area contributed by atoms with Gasteiger partial charge < -0.3 is 4.98 Å². The number of carbonyl (C=O) groups is 1. The van der Waals surface area contributed by atoms with E-state index >= 15 is 0 Å². The maximum absolute atomic E-state index is 11.3. The highest BCUT2D eigenvalue weighted by Crippen LogP contribution is 2.23. The van der Waals surface area contributed by atoms with Gasteiger partial charge >= 0.3 is 0 Å². The van der Waals surface area contributed by atoms with E-state index in [1.807, 2.05) is 6.07 Å². The molecule has 1 heterocycles. The van der Waals surface area contributed by atoms with Crippen LogP contribution in [0.3, 0.4) is 0 Å². The lowest BCUT2D eigenvalue weighted by molar-refractivity contribution is 0.101. The second-order valence-electron chi connectivity index (χ2n) is 4.22. The molecule has 1 N–H and O–H groups in total. The van der Waals surface area contributed by atoms with Gasteiger partial charge in [0.1, 0.15) is 0 Å². The molecule has 2 rings (SSSR count). The van der Waals surface area contributed by atoms with Crippen LogP contribution in [0.15, 0.2) is 24.4 Å². The highest BCUT2D eigenvalue weighted by molar-refractivity contribution is 6.06. The predicted octanol–water partition coefficient (Wildman–Crippen LogP) is 3.49. The number of nitrogens with one attached hydrogen (secondary N) is 1. The third-order valence-corrected chi connectivity index (χ3v) is 2.75. The third-order valence-electron chi connectivity index (χ3n) is 2.75. The Balaban J connectivity index is 2.61. The molecule has 0 aliphatic carbocycles. The van der Waals surface area contributed by atoms with Gasteiger partial charge in [-0.25, -0.2) is 0 Å². The minimum atomic E-state index is 0.110. The van der Waals surface area contributed by atoms with Gasteiger partial charge in [0.15, 0.2) is 5.78 Å². The number of carbonyl (C=O) groups excluding carboxylic acids is 1. The van der Waals surface area contributed by atoms with Crippen molar-refractivity contribution in [2.24, 2.45) is 0 Å².